The number of fused-ring (bicyclic) bond motifs is 1. The molecule has 35 heavy (non-hydrogen) atoms. The van der Waals surface area contributed by atoms with Gasteiger partial charge >= 0.3 is 5.97 Å². The number of esters is 1. The number of H-pyrrole nitrogens is 1. The molecule has 0 aliphatic rings. The van der Waals surface area contributed by atoms with Gasteiger partial charge in [0.2, 0.25) is 5.91 Å². The van der Waals surface area contributed by atoms with Crippen molar-refractivity contribution in [2.45, 2.75) is 24.9 Å². The second-order valence-electron chi connectivity index (χ2n) is 8.23. The SMILES string of the molecule is COC(=O)[C@@H](Cc1ccccc1)NC(=O)[C@H](Cc1c[nH]c2ccccc12)NC(=O)c1ccccc1. The van der Waals surface area contributed by atoms with E-state index in [4.69, 9.17) is 4.74 Å². The summed E-state index contributed by atoms with van der Waals surface area (Å²) in [6.45, 7) is 0. The molecule has 2 amide bonds. The number of para-hydroxylation sites is 1. The minimum atomic E-state index is -0.912. The van der Waals surface area contributed by atoms with Crippen LogP contribution in [0.4, 0.5) is 0 Å². The van der Waals surface area contributed by atoms with Gasteiger partial charge in [-0.2, -0.15) is 0 Å². The Labute approximate surface area is 203 Å². The summed E-state index contributed by atoms with van der Waals surface area (Å²) in [5, 5.41) is 6.61. The number of ether oxygens (including phenoxy) is 1. The van der Waals surface area contributed by atoms with Gasteiger partial charge in [-0.15, -0.1) is 0 Å². The molecule has 178 valence electrons. The minimum Gasteiger partial charge on any atom is -0.467 e. The van der Waals surface area contributed by atoms with Crippen LogP contribution >= 0.6 is 0 Å². The van der Waals surface area contributed by atoms with Crippen molar-refractivity contribution in [2.75, 3.05) is 7.11 Å². The molecular weight excluding hydrogens is 442 g/mol. The van der Waals surface area contributed by atoms with Gasteiger partial charge in [0.15, 0.2) is 0 Å². The fraction of sp³-hybridized carbons (Fsp3) is 0.179. The largest absolute Gasteiger partial charge is 0.467 e. The highest BCUT2D eigenvalue weighted by molar-refractivity contribution is 5.98. The summed E-state index contributed by atoms with van der Waals surface area (Å²) in [5.74, 6) is -1.39. The van der Waals surface area contributed by atoms with Crippen molar-refractivity contribution >= 4 is 28.7 Å². The first-order valence-electron chi connectivity index (χ1n) is 11.4. The molecule has 0 fully saturated rings. The molecule has 7 heteroatoms. The molecule has 0 unspecified atom stereocenters. The van der Waals surface area contributed by atoms with Crippen LogP contribution in [-0.2, 0) is 27.2 Å². The molecular formula is C28H27N3O4. The van der Waals surface area contributed by atoms with Gasteiger partial charge in [0.1, 0.15) is 12.1 Å². The fourth-order valence-electron chi connectivity index (χ4n) is 4.02. The number of benzene rings is 3. The topological polar surface area (TPSA) is 100 Å². The number of amides is 2. The van der Waals surface area contributed by atoms with Crippen LogP contribution in [0.2, 0.25) is 0 Å². The van der Waals surface area contributed by atoms with Gasteiger partial charge in [-0.05, 0) is 29.3 Å². The smallest absolute Gasteiger partial charge is 0.328 e. The molecule has 2 atom stereocenters. The lowest BCUT2D eigenvalue weighted by atomic mass is 10.0. The van der Waals surface area contributed by atoms with Crippen LogP contribution in [0, 0.1) is 0 Å². The highest BCUT2D eigenvalue weighted by Crippen LogP contribution is 2.19. The molecule has 0 aliphatic carbocycles. The molecule has 0 radical (unpaired) electrons. The predicted octanol–water partition coefficient (Wildman–Crippen LogP) is 3.41. The highest BCUT2D eigenvalue weighted by atomic mass is 16.5. The number of methoxy groups -OCH3 is 1. The van der Waals surface area contributed by atoms with E-state index in [1.807, 2.05) is 66.9 Å². The molecule has 3 aromatic carbocycles. The summed E-state index contributed by atoms with van der Waals surface area (Å²) in [4.78, 5) is 42.1. The molecule has 0 spiro atoms. The maximum absolute atomic E-state index is 13.4. The molecule has 4 aromatic rings. The Kier molecular flexibility index (Phi) is 7.57. The lowest BCUT2D eigenvalue weighted by molar-refractivity contribution is -0.145. The van der Waals surface area contributed by atoms with E-state index in [9.17, 15) is 14.4 Å². The van der Waals surface area contributed by atoms with Gasteiger partial charge in [-0.3, -0.25) is 9.59 Å². The van der Waals surface area contributed by atoms with E-state index in [0.29, 0.717) is 5.56 Å². The molecule has 3 N–H and O–H groups in total. The predicted molar refractivity (Wildman–Crippen MR) is 134 cm³/mol. The number of carbonyl (C=O) groups excluding carboxylic acids is 3. The summed E-state index contributed by atoms with van der Waals surface area (Å²) in [6, 6.07) is 24.0. The summed E-state index contributed by atoms with van der Waals surface area (Å²) >= 11 is 0. The molecule has 0 saturated carbocycles. The Hall–Kier alpha value is -4.39. The molecule has 1 heterocycles. The van der Waals surface area contributed by atoms with Crippen molar-refractivity contribution in [3.63, 3.8) is 0 Å². The first kappa shape index (κ1) is 23.8. The summed E-state index contributed by atoms with van der Waals surface area (Å²) in [7, 11) is 1.28. The van der Waals surface area contributed by atoms with E-state index in [1.54, 1.807) is 24.3 Å². The number of carbonyl (C=O) groups is 3. The second kappa shape index (κ2) is 11.2. The Bertz CT molecular complexity index is 1300. The van der Waals surface area contributed by atoms with Crippen LogP contribution in [0.15, 0.2) is 91.1 Å². The summed E-state index contributed by atoms with van der Waals surface area (Å²) < 4.78 is 4.93. The number of nitrogens with one attached hydrogen (secondary N) is 3. The van der Waals surface area contributed by atoms with Crippen LogP contribution in [0.1, 0.15) is 21.5 Å². The zero-order chi connectivity index (χ0) is 24.6. The molecule has 7 nitrogen and oxygen atoms in total. The number of hydrogen-bond donors (Lipinski definition) is 3. The van der Waals surface area contributed by atoms with Crippen molar-refractivity contribution in [3.05, 3.63) is 108 Å². The van der Waals surface area contributed by atoms with Gasteiger partial charge in [-0.1, -0.05) is 66.7 Å². The van der Waals surface area contributed by atoms with Gasteiger partial charge in [0.05, 0.1) is 7.11 Å². The summed E-state index contributed by atoms with van der Waals surface area (Å²) in [6.07, 6.45) is 2.35. The molecule has 1 aromatic heterocycles. The standard InChI is InChI=1S/C28H27N3O4/c1-35-28(34)25(16-19-10-4-2-5-11-19)31-27(33)24(30-26(32)20-12-6-3-7-13-20)17-21-18-29-23-15-9-8-14-22(21)23/h2-15,18,24-25,29H,16-17H2,1H3,(H,30,32)(H,31,33)/t24-,25+/m0/s1. The van der Waals surface area contributed by atoms with Gasteiger partial charge in [0, 0.05) is 35.5 Å². The number of rotatable bonds is 9. The van der Waals surface area contributed by atoms with Crippen LogP contribution < -0.4 is 10.6 Å². The van der Waals surface area contributed by atoms with E-state index in [-0.39, 0.29) is 18.7 Å². The Morgan fingerprint density at radius 3 is 2.17 bits per heavy atom. The fourth-order valence-corrected chi connectivity index (χ4v) is 4.02. The van der Waals surface area contributed by atoms with E-state index in [1.165, 1.54) is 7.11 Å². The van der Waals surface area contributed by atoms with Gasteiger partial charge in [0.25, 0.3) is 5.91 Å². The highest BCUT2D eigenvalue weighted by Gasteiger charge is 2.28. The van der Waals surface area contributed by atoms with Crippen LogP contribution in [0.3, 0.4) is 0 Å². The zero-order valence-corrected chi connectivity index (χ0v) is 19.4. The monoisotopic (exact) mass is 469 g/mol. The van der Waals surface area contributed by atoms with E-state index in [2.05, 4.69) is 15.6 Å². The van der Waals surface area contributed by atoms with E-state index < -0.39 is 24.0 Å². The van der Waals surface area contributed by atoms with Crippen molar-refractivity contribution in [3.8, 4) is 0 Å². The van der Waals surface area contributed by atoms with Gasteiger partial charge in [-0.25, -0.2) is 4.79 Å². The first-order valence-corrected chi connectivity index (χ1v) is 11.4. The average Bonchev–Trinajstić information content (AvgIpc) is 3.31. The summed E-state index contributed by atoms with van der Waals surface area (Å²) in [5.41, 5.74) is 3.14. The third-order valence-corrected chi connectivity index (χ3v) is 5.84. The number of aromatic nitrogens is 1. The maximum atomic E-state index is 13.4. The van der Waals surface area contributed by atoms with Crippen molar-refractivity contribution in [1.29, 1.82) is 0 Å². The maximum Gasteiger partial charge on any atom is 0.328 e. The Balaban J connectivity index is 1.58. The third-order valence-electron chi connectivity index (χ3n) is 5.84. The van der Waals surface area contributed by atoms with Crippen molar-refractivity contribution in [1.82, 2.24) is 15.6 Å². The van der Waals surface area contributed by atoms with Crippen LogP contribution in [0.5, 0.6) is 0 Å². The molecule has 0 bridgehead atoms. The lowest BCUT2D eigenvalue weighted by Crippen LogP contribution is -2.53. The molecule has 0 saturated heterocycles. The molecule has 0 aliphatic heterocycles. The normalized spacial score (nSPS) is 12.5. The third kappa shape index (κ3) is 5.95. The van der Waals surface area contributed by atoms with Crippen LogP contribution in [0.25, 0.3) is 10.9 Å². The van der Waals surface area contributed by atoms with Crippen molar-refractivity contribution in [2.24, 2.45) is 0 Å². The quantitative estimate of drug-likeness (QED) is 0.327. The van der Waals surface area contributed by atoms with Gasteiger partial charge < -0.3 is 20.4 Å². The van der Waals surface area contributed by atoms with Crippen molar-refractivity contribution < 1.29 is 19.1 Å². The molecule has 4 rings (SSSR count). The van der Waals surface area contributed by atoms with E-state index >= 15 is 0 Å². The zero-order valence-electron chi connectivity index (χ0n) is 19.4. The second-order valence-corrected chi connectivity index (χ2v) is 8.23. The Morgan fingerprint density at radius 2 is 1.46 bits per heavy atom. The average molecular weight is 470 g/mol. The minimum absolute atomic E-state index is 0.244. The van der Waals surface area contributed by atoms with Crippen LogP contribution in [-0.4, -0.2) is 42.0 Å². The lowest BCUT2D eigenvalue weighted by Gasteiger charge is -2.22. The number of hydrogen-bond acceptors (Lipinski definition) is 4. The number of aromatic amines is 1. The first-order chi connectivity index (χ1) is 17.0. The van der Waals surface area contributed by atoms with E-state index in [0.717, 1.165) is 22.0 Å². The Morgan fingerprint density at radius 1 is 0.800 bits per heavy atom.